The Labute approximate surface area is 102 Å². The van der Waals surface area contributed by atoms with Crippen molar-refractivity contribution in [1.29, 1.82) is 0 Å². The summed E-state index contributed by atoms with van der Waals surface area (Å²) in [5, 5.41) is 18.2. The molecule has 8 heteroatoms. The van der Waals surface area contributed by atoms with Crippen LogP contribution in [0.3, 0.4) is 0 Å². The van der Waals surface area contributed by atoms with Gasteiger partial charge in [0.05, 0.1) is 5.69 Å². The average Bonchev–Trinajstić information content (AvgIpc) is 2.86. The molecule has 0 radical (unpaired) electrons. The Balaban J connectivity index is 2.14. The van der Waals surface area contributed by atoms with Gasteiger partial charge in [0.25, 0.3) is 5.91 Å². The van der Waals surface area contributed by atoms with Gasteiger partial charge in [-0.3, -0.25) is 9.48 Å². The predicted octanol–water partition coefficient (Wildman–Crippen LogP) is 0.874. The number of nitrogens with one attached hydrogen (secondary N) is 2. The zero-order chi connectivity index (χ0) is 12.4. The first kappa shape index (κ1) is 11.5. The predicted molar refractivity (Wildman–Crippen MR) is 65.4 cm³/mol. The van der Waals surface area contributed by atoms with Gasteiger partial charge in [-0.15, -0.1) is 10.2 Å². The third kappa shape index (κ3) is 2.41. The molecule has 90 valence electrons. The van der Waals surface area contributed by atoms with Crippen LogP contribution in [0.15, 0.2) is 6.07 Å². The van der Waals surface area contributed by atoms with E-state index in [0.717, 1.165) is 5.69 Å². The second-order valence-electron chi connectivity index (χ2n) is 3.41. The number of carbonyl (C=O) groups excluding carboxylic acids is 1. The lowest BCUT2D eigenvalue weighted by Gasteiger charge is -2.01. The van der Waals surface area contributed by atoms with Crippen molar-refractivity contribution in [3.63, 3.8) is 0 Å². The molecule has 17 heavy (non-hydrogen) atoms. The van der Waals surface area contributed by atoms with Crippen LogP contribution in [0.2, 0.25) is 0 Å². The summed E-state index contributed by atoms with van der Waals surface area (Å²) < 4.78 is 1.60. The number of aryl methyl sites for hydroxylation is 2. The van der Waals surface area contributed by atoms with E-state index in [2.05, 4.69) is 25.9 Å². The molecule has 0 saturated heterocycles. The number of amides is 1. The number of hydrogen-bond acceptors (Lipinski definition) is 6. The van der Waals surface area contributed by atoms with Gasteiger partial charge in [0.2, 0.25) is 10.1 Å². The largest absolute Gasteiger partial charge is 0.363 e. The number of nitrogens with zero attached hydrogens (tertiary/aromatic N) is 4. The number of aromatic nitrogens is 4. The van der Waals surface area contributed by atoms with E-state index in [0.29, 0.717) is 16.0 Å². The van der Waals surface area contributed by atoms with Crippen molar-refractivity contribution in [2.45, 2.75) is 6.92 Å². The van der Waals surface area contributed by atoms with E-state index in [1.165, 1.54) is 11.3 Å². The molecule has 0 aliphatic carbocycles. The molecule has 2 N–H and O–H groups in total. The minimum atomic E-state index is -0.285. The summed E-state index contributed by atoms with van der Waals surface area (Å²) in [7, 11) is 3.49. The van der Waals surface area contributed by atoms with Crippen molar-refractivity contribution in [3.05, 3.63) is 16.8 Å². The van der Waals surface area contributed by atoms with Gasteiger partial charge < -0.3 is 10.6 Å². The third-order valence-corrected chi connectivity index (χ3v) is 3.02. The highest BCUT2D eigenvalue weighted by Crippen LogP contribution is 2.16. The van der Waals surface area contributed by atoms with Crippen LogP contribution < -0.4 is 10.6 Å². The van der Waals surface area contributed by atoms with E-state index in [-0.39, 0.29) is 5.91 Å². The van der Waals surface area contributed by atoms with Crippen LogP contribution >= 0.6 is 11.3 Å². The Morgan fingerprint density at radius 3 is 2.76 bits per heavy atom. The molecule has 0 aliphatic heterocycles. The Hall–Kier alpha value is -1.96. The quantitative estimate of drug-likeness (QED) is 0.846. The lowest BCUT2D eigenvalue weighted by atomic mass is 10.4. The van der Waals surface area contributed by atoms with Gasteiger partial charge in [0.1, 0.15) is 5.82 Å². The molecule has 0 unspecified atom stereocenters. The zero-order valence-corrected chi connectivity index (χ0v) is 10.5. The minimum Gasteiger partial charge on any atom is -0.363 e. The molecule has 1 amide bonds. The summed E-state index contributed by atoms with van der Waals surface area (Å²) in [5.74, 6) is 0.348. The first-order chi connectivity index (χ1) is 8.10. The molecule has 0 saturated carbocycles. The molecule has 0 atom stereocenters. The highest BCUT2D eigenvalue weighted by Gasteiger charge is 2.14. The van der Waals surface area contributed by atoms with Gasteiger partial charge >= 0.3 is 0 Å². The molecule has 0 aromatic carbocycles. The highest BCUT2D eigenvalue weighted by molar-refractivity contribution is 7.17. The second-order valence-corrected chi connectivity index (χ2v) is 4.39. The zero-order valence-electron chi connectivity index (χ0n) is 9.68. The van der Waals surface area contributed by atoms with Crippen molar-refractivity contribution < 1.29 is 4.79 Å². The second kappa shape index (κ2) is 4.50. The first-order valence-corrected chi connectivity index (χ1v) is 5.75. The molecule has 2 aromatic rings. The van der Waals surface area contributed by atoms with E-state index in [1.807, 2.05) is 6.92 Å². The molecule has 0 spiro atoms. The molecule has 0 fully saturated rings. The Morgan fingerprint density at radius 1 is 1.47 bits per heavy atom. The highest BCUT2D eigenvalue weighted by atomic mass is 32.1. The van der Waals surface area contributed by atoms with E-state index >= 15 is 0 Å². The summed E-state index contributed by atoms with van der Waals surface area (Å²) in [6.45, 7) is 1.86. The van der Waals surface area contributed by atoms with Crippen molar-refractivity contribution in [2.24, 2.45) is 7.05 Å². The SMILES string of the molecule is CNc1nnc(C(=O)Nc2cc(C)nn2C)s1. The Morgan fingerprint density at radius 2 is 2.24 bits per heavy atom. The fourth-order valence-corrected chi connectivity index (χ4v) is 1.91. The minimum absolute atomic E-state index is 0.285. The van der Waals surface area contributed by atoms with Gasteiger partial charge in [-0.1, -0.05) is 11.3 Å². The molecule has 7 nitrogen and oxygen atoms in total. The molecule has 0 bridgehead atoms. The van der Waals surface area contributed by atoms with Crippen molar-refractivity contribution in [3.8, 4) is 0 Å². The van der Waals surface area contributed by atoms with E-state index in [4.69, 9.17) is 0 Å². The van der Waals surface area contributed by atoms with Crippen molar-refractivity contribution >= 4 is 28.2 Å². The number of hydrogen-bond donors (Lipinski definition) is 2. The molecule has 2 heterocycles. The van der Waals surface area contributed by atoms with Crippen molar-refractivity contribution in [1.82, 2.24) is 20.0 Å². The van der Waals surface area contributed by atoms with Gasteiger partial charge in [-0.25, -0.2) is 0 Å². The fraction of sp³-hybridized carbons (Fsp3) is 0.333. The van der Waals surface area contributed by atoms with Crippen LogP contribution in [0.5, 0.6) is 0 Å². The standard InChI is InChI=1S/C9H12N6OS/c1-5-4-6(15(3)14-5)11-7(16)8-12-13-9(10-2)17-8/h4H,1-3H3,(H,10,13)(H,11,16). The van der Waals surface area contributed by atoms with Crippen LogP contribution in [0.1, 0.15) is 15.5 Å². The summed E-state index contributed by atoms with van der Waals surface area (Å²) in [6.07, 6.45) is 0. The average molecular weight is 252 g/mol. The summed E-state index contributed by atoms with van der Waals surface area (Å²) in [4.78, 5) is 11.8. The maximum atomic E-state index is 11.8. The third-order valence-electron chi connectivity index (χ3n) is 2.08. The Kier molecular flexibility index (Phi) is 3.05. The lowest BCUT2D eigenvalue weighted by molar-refractivity contribution is 0.102. The summed E-state index contributed by atoms with van der Waals surface area (Å²) in [6, 6.07) is 1.79. The molecule has 2 rings (SSSR count). The van der Waals surface area contributed by atoms with E-state index in [9.17, 15) is 4.79 Å². The number of anilines is 2. The molecule has 2 aromatic heterocycles. The smallest absolute Gasteiger partial charge is 0.287 e. The van der Waals surface area contributed by atoms with Crippen molar-refractivity contribution in [2.75, 3.05) is 17.7 Å². The molecular weight excluding hydrogens is 240 g/mol. The van der Waals surface area contributed by atoms with Gasteiger partial charge in [-0.05, 0) is 6.92 Å². The summed E-state index contributed by atoms with van der Waals surface area (Å²) >= 11 is 1.20. The molecular formula is C9H12N6OS. The number of carbonyl (C=O) groups is 1. The van der Waals surface area contributed by atoms with Gasteiger partial charge in [0.15, 0.2) is 0 Å². The fourth-order valence-electron chi connectivity index (χ4n) is 1.31. The first-order valence-electron chi connectivity index (χ1n) is 4.93. The normalized spacial score (nSPS) is 10.3. The van der Waals surface area contributed by atoms with Crippen LogP contribution in [-0.2, 0) is 7.05 Å². The number of rotatable bonds is 3. The van der Waals surface area contributed by atoms with Gasteiger partial charge in [0, 0.05) is 20.2 Å². The lowest BCUT2D eigenvalue weighted by Crippen LogP contribution is -2.14. The monoisotopic (exact) mass is 252 g/mol. The maximum Gasteiger partial charge on any atom is 0.287 e. The summed E-state index contributed by atoms with van der Waals surface area (Å²) in [5.41, 5.74) is 0.843. The van der Waals surface area contributed by atoms with Crippen LogP contribution in [0.25, 0.3) is 0 Å². The van der Waals surface area contributed by atoms with E-state index in [1.54, 1.807) is 24.8 Å². The maximum absolute atomic E-state index is 11.8. The molecule has 0 aliphatic rings. The van der Waals surface area contributed by atoms with Crippen LogP contribution in [-0.4, -0.2) is 32.9 Å². The van der Waals surface area contributed by atoms with E-state index < -0.39 is 0 Å². The topological polar surface area (TPSA) is 84.7 Å². The van der Waals surface area contributed by atoms with Crippen LogP contribution in [0.4, 0.5) is 10.9 Å². The van der Waals surface area contributed by atoms with Crippen LogP contribution in [0, 0.1) is 6.92 Å². The van der Waals surface area contributed by atoms with Gasteiger partial charge in [-0.2, -0.15) is 5.10 Å². The Bertz CT molecular complexity index is 545.